The van der Waals surface area contributed by atoms with E-state index in [0.717, 1.165) is 36.6 Å². The predicted molar refractivity (Wildman–Crippen MR) is 94.9 cm³/mol. The van der Waals surface area contributed by atoms with Crippen LogP contribution in [-0.4, -0.2) is 41.3 Å². The zero-order chi connectivity index (χ0) is 20.8. The van der Waals surface area contributed by atoms with E-state index >= 15 is 0 Å². The van der Waals surface area contributed by atoms with Crippen molar-refractivity contribution in [2.75, 3.05) is 13.7 Å². The topological polar surface area (TPSA) is 149 Å². The lowest BCUT2D eigenvalue weighted by Gasteiger charge is -2.08. The number of aromatic nitrogens is 1. The number of methoxy groups -OCH3 is 1. The fourth-order valence-corrected chi connectivity index (χ4v) is 3.00. The van der Waals surface area contributed by atoms with Gasteiger partial charge >= 0.3 is 11.9 Å². The molecule has 0 N–H and O–H groups in total. The Labute approximate surface area is 162 Å². The number of nitrogens with zero attached hydrogens (tertiary/aromatic N) is 3. The summed E-state index contributed by atoms with van der Waals surface area (Å²) in [5.41, 5.74) is -0.393. The quantitative estimate of drug-likeness (QED) is 0.385. The summed E-state index contributed by atoms with van der Waals surface area (Å²) < 4.78 is 9.36. The molecule has 0 aliphatic carbocycles. The van der Waals surface area contributed by atoms with E-state index < -0.39 is 40.9 Å². The smallest absolute Gasteiger partial charge is 0.338 e. The van der Waals surface area contributed by atoms with Gasteiger partial charge in [0.1, 0.15) is 5.01 Å². The molecule has 144 valence electrons. The number of aryl methyl sites for hydroxylation is 1. The van der Waals surface area contributed by atoms with Crippen molar-refractivity contribution in [3.05, 3.63) is 55.5 Å². The number of benzene rings is 1. The maximum atomic E-state index is 12.2. The molecule has 0 radical (unpaired) electrons. The largest absolute Gasteiger partial charge is 0.465 e. The SMILES string of the molecule is COC(=O)c1cc(C(=O)OCC(=O)[C@H](C#N)c2nc(C)cs2)cc([N+](=O)[O-])c1. The number of ether oxygens (including phenoxy) is 2. The van der Waals surface area contributed by atoms with Crippen molar-refractivity contribution in [1.82, 2.24) is 4.98 Å². The van der Waals surface area contributed by atoms with Crippen LogP contribution >= 0.6 is 11.3 Å². The van der Waals surface area contributed by atoms with Gasteiger partial charge in [-0.05, 0) is 13.0 Å². The summed E-state index contributed by atoms with van der Waals surface area (Å²) in [5, 5.41) is 22.1. The number of esters is 2. The van der Waals surface area contributed by atoms with Crippen LogP contribution in [0.2, 0.25) is 0 Å². The Morgan fingerprint density at radius 1 is 1.29 bits per heavy atom. The number of hydrogen-bond donors (Lipinski definition) is 0. The number of carbonyl (C=O) groups is 3. The number of hydrogen-bond acceptors (Lipinski definition) is 10. The van der Waals surface area contributed by atoms with Gasteiger partial charge in [0.15, 0.2) is 18.3 Å². The van der Waals surface area contributed by atoms with Crippen LogP contribution in [0.3, 0.4) is 0 Å². The monoisotopic (exact) mass is 403 g/mol. The van der Waals surface area contributed by atoms with E-state index in [1.165, 1.54) is 0 Å². The number of ketones is 1. The van der Waals surface area contributed by atoms with Gasteiger partial charge in [-0.15, -0.1) is 11.3 Å². The van der Waals surface area contributed by atoms with Crippen molar-refractivity contribution < 1.29 is 28.8 Å². The van der Waals surface area contributed by atoms with Crippen molar-refractivity contribution >= 4 is 34.7 Å². The van der Waals surface area contributed by atoms with Gasteiger partial charge in [0.2, 0.25) is 0 Å². The van der Waals surface area contributed by atoms with Crippen LogP contribution in [0.15, 0.2) is 23.6 Å². The Kier molecular flexibility index (Phi) is 6.51. The zero-order valence-corrected chi connectivity index (χ0v) is 15.5. The summed E-state index contributed by atoms with van der Waals surface area (Å²) >= 11 is 1.13. The lowest BCUT2D eigenvalue weighted by molar-refractivity contribution is -0.384. The second kappa shape index (κ2) is 8.83. The van der Waals surface area contributed by atoms with E-state index in [1.807, 2.05) is 6.07 Å². The van der Waals surface area contributed by atoms with Crippen molar-refractivity contribution in [2.24, 2.45) is 0 Å². The lowest BCUT2D eigenvalue weighted by Crippen LogP contribution is -2.20. The minimum absolute atomic E-state index is 0.219. The maximum Gasteiger partial charge on any atom is 0.338 e. The second-order valence-electron chi connectivity index (χ2n) is 5.45. The highest BCUT2D eigenvalue weighted by Gasteiger charge is 2.25. The first kappa shape index (κ1) is 20.7. The number of rotatable bonds is 7. The highest BCUT2D eigenvalue weighted by molar-refractivity contribution is 7.09. The molecule has 1 aromatic heterocycles. The number of nitriles is 1. The molecule has 0 amide bonds. The fourth-order valence-electron chi connectivity index (χ4n) is 2.14. The summed E-state index contributed by atoms with van der Waals surface area (Å²) in [6.45, 7) is 0.978. The number of Topliss-reactive ketones (excluding diaryl/α,β-unsaturated/α-hetero) is 1. The standard InChI is InChI=1S/C17H13N3O7S/c1-9-8-28-15(19-9)13(6-18)14(21)7-27-17(23)11-3-10(16(22)26-2)4-12(5-11)20(24)25/h3-5,8,13H,7H2,1-2H3/t13-/m0/s1. The van der Waals surface area contributed by atoms with Gasteiger partial charge in [0, 0.05) is 23.2 Å². The Balaban J connectivity index is 2.17. The first-order chi connectivity index (χ1) is 13.3. The Bertz CT molecular complexity index is 993. The molecule has 10 nitrogen and oxygen atoms in total. The highest BCUT2D eigenvalue weighted by atomic mass is 32.1. The van der Waals surface area contributed by atoms with Crippen molar-refractivity contribution in [3.63, 3.8) is 0 Å². The van der Waals surface area contributed by atoms with Crippen LogP contribution in [-0.2, 0) is 14.3 Å². The lowest BCUT2D eigenvalue weighted by atomic mass is 10.1. The van der Waals surface area contributed by atoms with Gasteiger partial charge in [0.05, 0.1) is 29.2 Å². The van der Waals surface area contributed by atoms with Gasteiger partial charge < -0.3 is 9.47 Å². The van der Waals surface area contributed by atoms with Gasteiger partial charge in [0.25, 0.3) is 5.69 Å². The van der Waals surface area contributed by atoms with E-state index in [9.17, 15) is 29.8 Å². The molecule has 2 aromatic rings. The van der Waals surface area contributed by atoms with E-state index in [-0.39, 0.29) is 16.1 Å². The summed E-state index contributed by atoms with van der Waals surface area (Å²) in [6, 6.07) is 4.72. The third-order valence-corrected chi connectivity index (χ3v) is 4.49. The number of thiazole rings is 1. The number of carbonyl (C=O) groups excluding carboxylic acids is 3. The average molecular weight is 403 g/mol. The third-order valence-electron chi connectivity index (χ3n) is 3.47. The van der Waals surface area contributed by atoms with Gasteiger partial charge in [-0.3, -0.25) is 14.9 Å². The van der Waals surface area contributed by atoms with E-state index in [4.69, 9.17) is 4.74 Å². The van der Waals surface area contributed by atoms with Gasteiger partial charge in [-0.1, -0.05) is 0 Å². The summed E-state index contributed by atoms with van der Waals surface area (Å²) in [5.74, 6) is -3.82. The third kappa shape index (κ3) is 4.74. The average Bonchev–Trinajstić information content (AvgIpc) is 3.11. The number of nitro groups is 1. The molecule has 11 heteroatoms. The highest BCUT2D eigenvalue weighted by Crippen LogP contribution is 2.22. The molecule has 1 atom stereocenters. The molecule has 1 heterocycles. The minimum Gasteiger partial charge on any atom is -0.465 e. The van der Waals surface area contributed by atoms with Crippen LogP contribution in [0.25, 0.3) is 0 Å². The van der Waals surface area contributed by atoms with Crippen LogP contribution in [0.5, 0.6) is 0 Å². The Morgan fingerprint density at radius 3 is 2.43 bits per heavy atom. The first-order valence-corrected chi connectivity index (χ1v) is 8.54. The van der Waals surface area contributed by atoms with E-state index in [2.05, 4.69) is 9.72 Å². The summed E-state index contributed by atoms with van der Waals surface area (Å²) in [4.78, 5) is 50.3. The van der Waals surface area contributed by atoms with Crippen LogP contribution < -0.4 is 0 Å². The molecule has 0 saturated carbocycles. The zero-order valence-electron chi connectivity index (χ0n) is 14.7. The Morgan fingerprint density at radius 2 is 1.93 bits per heavy atom. The molecule has 0 aliphatic heterocycles. The molecule has 0 bridgehead atoms. The van der Waals surface area contributed by atoms with Gasteiger partial charge in [-0.25, -0.2) is 14.6 Å². The number of non-ortho nitro benzene ring substituents is 1. The molecule has 0 spiro atoms. The van der Waals surface area contributed by atoms with Crippen LogP contribution in [0.4, 0.5) is 5.69 Å². The van der Waals surface area contributed by atoms with Crippen LogP contribution in [0.1, 0.15) is 37.3 Å². The molecule has 0 fully saturated rings. The van der Waals surface area contributed by atoms with Crippen molar-refractivity contribution in [1.29, 1.82) is 5.26 Å². The second-order valence-corrected chi connectivity index (χ2v) is 6.34. The maximum absolute atomic E-state index is 12.2. The first-order valence-electron chi connectivity index (χ1n) is 7.66. The predicted octanol–water partition coefficient (Wildman–Crippen LogP) is 2.18. The molecule has 2 rings (SSSR count). The normalized spacial score (nSPS) is 11.2. The fraction of sp³-hybridized carbons (Fsp3) is 0.235. The van der Waals surface area contributed by atoms with Gasteiger partial charge in [-0.2, -0.15) is 5.26 Å². The molecule has 0 saturated heterocycles. The molecular weight excluding hydrogens is 390 g/mol. The van der Waals surface area contributed by atoms with Crippen molar-refractivity contribution in [3.8, 4) is 6.07 Å². The van der Waals surface area contributed by atoms with E-state index in [1.54, 1.807) is 12.3 Å². The van der Waals surface area contributed by atoms with E-state index in [0.29, 0.717) is 5.69 Å². The molecule has 0 unspecified atom stereocenters. The number of nitro benzene ring substituents is 1. The summed E-state index contributed by atoms with van der Waals surface area (Å²) in [7, 11) is 1.08. The molecule has 1 aromatic carbocycles. The molecule has 28 heavy (non-hydrogen) atoms. The van der Waals surface area contributed by atoms with Crippen LogP contribution in [0, 0.1) is 28.4 Å². The molecule has 0 aliphatic rings. The Hall–Kier alpha value is -3.65. The van der Waals surface area contributed by atoms with Crippen molar-refractivity contribution in [2.45, 2.75) is 12.8 Å². The molecular formula is C17H13N3O7S. The summed E-state index contributed by atoms with van der Waals surface area (Å²) in [6.07, 6.45) is 0. The minimum atomic E-state index is -1.19.